The van der Waals surface area contributed by atoms with E-state index in [1.807, 2.05) is 62.4 Å². The normalized spacial score (nSPS) is 21.9. The van der Waals surface area contributed by atoms with E-state index in [0.29, 0.717) is 25.0 Å². The summed E-state index contributed by atoms with van der Waals surface area (Å²) in [5.41, 5.74) is 2.60. The highest BCUT2D eigenvalue weighted by Gasteiger charge is 2.32. The number of hydrogen-bond donors (Lipinski definition) is 4. The zero-order valence-electron chi connectivity index (χ0n) is 21.3. The minimum Gasteiger partial charge on any atom is -0.496 e. The SMILES string of the molecule is CC[C@H](C)[C@@H]1NC(=O)[C@@H](NC)Cc2cc(ccc2OC)C=CNC(=O)[C@@H](Cc2ccccc2)NC1=O. The Morgan fingerprint density at radius 1 is 1.03 bits per heavy atom. The third-order valence-corrected chi connectivity index (χ3v) is 6.60. The van der Waals surface area contributed by atoms with Crippen LogP contribution < -0.4 is 26.0 Å². The molecule has 0 aromatic heterocycles. The number of ether oxygens (including phenoxy) is 1. The van der Waals surface area contributed by atoms with Crippen molar-refractivity contribution in [2.24, 2.45) is 5.92 Å². The zero-order chi connectivity index (χ0) is 26.1. The number of hydrogen-bond acceptors (Lipinski definition) is 5. The van der Waals surface area contributed by atoms with Crippen molar-refractivity contribution < 1.29 is 19.1 Å². The van der Waals surface area contributed by atoms with Crippen molar-refractivity contribution in [3.05, 3.63) is 71.4 Å². The van der Waals surface area contributed by atoms with Crippen molar-refractivity contribution in [1.29, 1.82) is 0 Å². The van der Waals surface area contributed by atoms with E-state index < -0.39 is 18.1 Å². The molecule has 0 fully saturated rings. The van der Waals surface area contributed by atoms with Gasteiger partial charge in [-0.3, -0.25) is 14.4 Å². The van der Waals surface area contributed by atoms with E-state index in [4.69, 9.17) is 4.74 Å². The molecule has 0 spiro atoms. The Bertz CT molecular complexity index is 1090. The number of fused-ring (bicyclic) bond motifs is 2. The first-order chi connectivity index (χ1) is 17.4. The highest BCUT2D eigenvalue weighted by molar-refractivity contribution is 5.94. The van der Waals surface area contributed by atoms with E-state index in [1.165, 1.54) is 0 Å². The fraction of sp³-hybridized carbons (Fsp3) is 0.393. The summed E-state index contributed by atoms with van der Waals surface area (Å²) in [5, 5.41) is 11.7. The van der Waals surface area contributed by atoms with Crippen LogP contribution in [0.25, 0.3) is 6.08 Å². The summed E-state index contributed by atoms with van der Waals surface area (Å²) >= 11 is 0. The van der Waals surface area contributed by atoms with Gasteiger partial charge in [0.2, 0.25) is 17.7 Å². The number of carbonyl (C=O) groups excluding carboxylic acids is 3. The first kappa shape index (κ1) is 26.9. The lowest BCUT2D eigenvalue weighted by atomic mass is 9.96. The van der Waals surface area contributed by atoms with Crippen LogP contribution in [-0.2, 0) is 27.2 Å². The second-order valence-corrected chi connectivity index (χ2v) is 9.08. The molecular formula is C28H36N4O4. The van der Waals surface area contributed by atoms with Crippen LogP contribution in [0.5, 0.6) is 5.75 Å². The molecular weight excluding hydrogens is 456 g/mol. The van der Waals surface area contributed by atoms with Gasteiger partial charge in [-0.15, -0.1) is 0 Å². The van der Waals surface area contributed by atoms with Gasteiger partial charge >= 0.3 is 0 Å². The maximum absolute atomic E-state index is 13.4. The Kier molecular flexibility index (Phi) is 9.64. The second kappa shape index (κ2) is 12.9. The van der Waals surface area contributed by atoms with Gasteiger partial charge in [0, 0.05) is 19.0 Å². The lowest BCUT2D eigenvalue weighted by molar-refractivity contribution is -0.133. The fourth-order valence-electron chi connectivity index (χ4n) is 4.20. The standard InChI is InChI=1S/C28H36N4O4/c1-5-18(2)25-28(35)31-23(16-19-9-7-6-8-10-19)26(33)30-14-13-20-11-12-24(36-4)21(15-20)17-22(29-3)27(34)32-25/h6-15,18,22-23,25,29H,5,16-17H2,1-4H3,(H,30,33)(H,31,35)(H,32,34)/t18-,22-,23+,25-/m0/s1. The molecule has 8 nitrogen and oxygen atoms in total. The fourth-order valence-corrected chi connectivity index (χ4v) is 4.20. The van der Waals surface area contributed by atoms with Crippen LogP contribution in [0.15, 0.2) is 54.7 Å². The van der Waals surface area contributed by atoms with Crippen molar-refractivity contribution in [2.75, 3.05) is 14.2 Å². The molecule has 4 N–H and O–H groups in total. The number of rotatable bonds is 6. The minimum atomic E-state index is -0.815. The van der Waals surface area contributed by atoms with Gasteiger partial charge in [-0.25, -0.2) is 0 Å². The number of amides is 3. The summed E-state index contributed by atoms with van der Waals surface area (Å²) in [6.45, 7) is 3.87. The highest BCUT2D eigenvalue weighted by atomic mass is 16.5. The van der Waals surface area contributed by atoms with Gasteiger partial charge < -0.3 is 26.0 Å². The molecule has 0 radical (unpaired) electrons. The van der Waals surface area contributed by atoms with Crippen molar-refractivity contribution in [3.63, 3.8) is 0 Å². The smallest absolute Gasteiger partial charge is 0.246 e. The van der Waals surface area contributed by atoms with Crippen molar-refractivity contribution in [1.82, 2.24) is 21.3 Å². The molecule has 0 unspecified atom stereocenters. The quantitative estimate of drug-likeness (QED) is 0.494. The van der Waals surface area contributed by atoms with E-state index in [-0.39, 0.29) is 23.6 Å². The highest BCUT2D eigenvalue weighted by Crippen LogP contribution is 2.23. The molecule has 0 aliphatic carbocycles. The average molecular weight is 493 g/mol. The summed E-state index contributed by atoms with van der Waals surface area (Å²) < 4.78 is 5.51. The first-order valence-corrected chi connectivity index (χ1v) is 12.3. The van der Waals surface area contributed by atoms with Gasteiger partial charge in [0.25, 0.3) is 0 Å². The van der Waals surface area contributed by atoms with E-state index in [2.05, 4.69) is 21.3 Å². The second-order valence-electron chi connectivity index (χ2n) is 9.08. The van der Waals surface area contributed by atoms with Gasteiger partial charge in [0.15, 0.2) is 0 Å². The van der Waals surface area contributed by atoms with Crippen LogP contribution >= 0.6 is 0 Å². The lowest BCUT2D eigenvalue weighted by Crippen LogP contribution is -2.58. The van der Waals surface area contributed by atoms with Gasteiger partial charge in [-0.05, 0) is 47.9 Å². The zero-order valence-corrected chi connectivity index (χ0v) is 21.3. The molecule has 2 aromatic carbocycles. The minimum absolute atomic E-state index is 0.139. The number of carbonyl (C=O) groups is 3. The summed E-state index contributed by atoms with van der Waals surface area (Å²) in [6, 6.07) is 13.0. The van der Waals surface area contributed by atoms with Crippen LogP contribution in [0.3, 0.4) is 0 Å². The summed E-state index contributed by atoms with van der Waals surface area (Å²) in [5.74, 6) is -0.497. The molecule has 36 heavy (non-hydrogen) atoms. The Balaban J connectivity index is 2.00. The van der Waals surface area contributed by atoms with Gasteiger partial charge in [-0.1, -0.05) is 56.7 Å². The Labute approximate surface area is 212 Å². The molecule has 1 aliphatic rings. The molecule has 3 amide bonds. The molecule has 1 heterocycles. The summed E-state index contributed by atoms with van der Waals surface area (Å²) in [7, 11) is 3.30. The average Bonchev–Trinajstić information content (AvgIpc) is 2.89. The largest absolute Gasteiger partial charge is 0.496 e. The van der Waals surface area contributed by atoms with Gasteiger partial charge in [0.05, 0.1) is 13.2 Å². The van der Waals surface area contributed by atoms with Crippen LogP contribution in [0.1, 0.15) is 37.0 Å². The third-order valence-electron chi connectivity index (χ3n) is 6.60. The third kappa shape index (κ3) is 6.95. The first-order valence-electron chi connectivity index (χ1n) is 12.3. The van der Waals surface area contributed by atoms with Crippen LogP contribution in [0.2, 0.25) is 0 Å². The molecule has 4 atom stereocenters. The predicted octanol–water partition coefficient (Wildman–Crippen LogP) is 2.18. The van der Waals surface area contributed by atoms with E-state index in [0.717, 1.165) is 16.7 Å². The molecule has 2 bridgehead atoms. The Morgan fingerprint density at radius 2 is 1.78 bits per heavy atom. The Morgan fingerprint density at radius 3 is 2.44 bits per heavy atom. The van der Waals surface area contributed by atoms with E-state index in [9.17, 15) is 14.4 Å². The molecule has 0 saturated heterocycles. The number of methoxy groups -OCH3 is 1. The van der Waals surface area contributed by atoms with Crippen LogP contribution in [0.4, 0.5) is 0 Å². The van der Waals surface area contributed by atoms with E-state index >= 15 is 0 Å². The molecule has 2 aromatic rings. The molecule has 8 heteroatoms. The van der Waals surface area contributed by atoms with Crippen molar-refractivity contribution >= 4 is 23.8 Å². The number of nitrogens with one attached hydrogen (secondary N) is 4. The maximum atomic E-state index is 13.4. The molecule has 192 valence electrons. The maximum Gasteiger partial charge on any atom is 0.246 e. The van der Waals surface area contributed by atoms with Crippen LogP contribution in [0, 0.1) is 5.92 Å². The molecule has 1 aliphatic heterocycles. The molecule has 0 saturated carbocycles. The van der Waals surface area contributed by atoms with E-state index in [1.54, 1.807) is 26.4 Å². The lowest BCUT2D eigenvalue weighted by Gasteiger charge is -2.28. The van der Waals surface area contributed by atoms with Gasteiger partial charge in [0.1, 0.15) is 17.8 Å². The number of likely N-dealkylation sites (N-methyl/N-ethyl adjacent to an activating group) is 1. The summed E-state index contributed by atoms with van der Waals surface area (Å²) in [4.78, 5) is 39.9. The predicted molar refractivity (Wildman–Crippen MR) is 140 cm³/mol. The number of benzene rings is 2. The monoisotopic (exact) mass is 492 g/mol. The molecule has 3 rings (SSSR count). The van der Waals surface area contributed by atoms with Gasteiger partial charge in [-0.2, -0.15) is 0 Å². The van der Waals surface area contributed by atoms with Crippen LogP contribution in [-0.4, -0.2) is 50.0 Å². The Hall–Kier alpha value is -3.65. The summed E-state index contributed by atoms with van der Waals surface area (Å²) in [6.07, 6.45) is 4.71. The van der Waals surface area contributed by atoms with Crippen molar-refractivity contribution in [2.45, 2.75) is 51.2 Å². The van der Waals surface area contributed by atoms with Crippen molar-refractivity contribution in [3.8, 4) is 5.75 Å². The topological polar surface area (TPSA) is 109 Å².